The first-order chi connectivity index (χ1) is 14.6. The van der Waals surface area contributed by atoms with E-state index in [0.717, 1.165) is 6.42 Å². The molecule has 1 aromatic carbocycles. The molecule has 1 aromatic heterocycles. The zero-order chi connectivity index (χ0) is 21.3. The maximum absolute atomic E-state index is 14.0. The third-order valence-electron chi connectivity index (χ3n) is 4.73. The topological polar surface area (TPSA) is 102 Å². The van der Waals surface area contributed by atoms with Gasteiger partial charge in [-0.05, 0) is 37.6 Å². The Morgan fingerprint density at radius 2 is 2.10 bits per heavy atom. The number of carbonyl (C=O) groups excluding carboxylic acids is 1. The first-order valence-electron chi connectivity index (χ1n) is 10.0. The van der Waals surface area contributed by atoms with E-state index in [9.17, 15) is 14.3 Å². The van der Waals surface area contributed by atoms with E-state index >= 15 is 0 Å². The zero-order valence-electron chi connectivity index (χ0n) is 17.3. The fraction of sp³-hybridized carbons (Fsp3) is 0.381. The SMILES string of the molecule is CCNC(=NCCNC(=O)c1ccccc1O)NC1CCN(c2ncccc2F)C1.I. The number of phenols is 1. The highest BCUT2D eigenvalue weighted by Crippen LogP contribution is 2.20. The van der Waals surface area contributed by atoms with E-state index in [0.29, 0.717) is 44.5 Å². The smallest absolute Gasteiger partial charge is 0.255 e. The molecule has 1 aliphatic heterocycles. The molecule has 4 N–H and O–H groups in total. The summed E-state index contributed by atoms with van der Waals surface area (Å²) in [6.45, 7) is 4.71. The molecule has 1 aliphatic rings. The summed E-state index contributed by atoms with van der Waals surface area (Å²) in [5.41, 5.74) is 0.235. The van der Waals surface area contributed by atoms with Crippen LogP contribution in [0.3, 0.4) is 0 Å². The molecule has 0 spiro atoms. The molecular formula is C21H28FIN6O2. The number of rotatable bonds is 7. The Kier molecular flexibility index (Phi) is 9.76. The van der Waals surface area contributed by atoms with E-state index in [1.807, 2.05) is 11.8 Å². The van der Waals surface area contributed by atoms with Gasteiger partial charge in [-0.25, -0.2) is 9.37 Å². The van der Waals surface area contributed by atoms with E-state index in [-0.39, 0.29) is 53.1 Å². The van der Waals surface area contributed by atoms with Crippen LogP contribution in [0.2, 0.25) is 0 Å². The number of hydrogen-bond donors (Lipinski definition) is 4. The number of pyridine rings is 1. The number of nitrogens with zero attached hydrogens (tertiary/aromatic N) is 3. The summed E-state index contributed by atoms with van der Waals surface area (Å²) in [5, 5.41) is 19.0. The lowest BCUT2D eigenvalue weighted by molar-refractivity contribution is 0.0952. The largest absolute Gasteiger partial charge is 0.507 e. The second-order valence-corrected chi connectivity index (χ2v) is 6.92. The van der Waals surface area contributed by atoms with Gasteiger partial charge in [-0.2, -0.15) is 0 Å². The number of phenolic OH excluding ortho intramolecular Hbond substituents is 1. The first kappa shape index (κ1) is 24.6. The molecular weight excluding hydrogens is 514 g/mol. The van der Waals surface area contributed by atoms with Crippen LogP contribution in [0.25, 0.3) is 0 Å². The number of para-hydroxylation sites is 1. The predicted octanol–water partition coefficient (Wildman–Crippen LogP) is 2.11. The summed E-state index contributed by atoms with van der Waals surface area (Å²) >= 11 is 0. The second kappa shape index (κ2) is 12.3. The van der Waals surface area contributed by atoms with E-state index in [1.54, 1.807) is 30.5 Å². The normalized spacial score (nSPS) is 15.9. The van der Waals surface area contributed by atoms with Crippen molar-refractivity contribution in [2.24, 2.45) is 4.99 Å². The molecule has 1 amide bonds. The molecule has 168 valence electrons. The van der Waals surface area contributed by atoms with Crippen molar-refractivity contribution in [2.45, 2.75) is 19.4 Å². The number of aromatic hydroxyl groups is 1. The van der Waals surface area contributed by atoms with E-state index in [1.165, 1.54) is 12.1 Å². The maximum atomic E-state index is 14.0. The number of hydrogen-bond acceptors (Lipinski definition) is 5. The Morgan fingerprint density at radius 1 is 1.29 bits per heavy atom. The van der Waals surface area contributed by atoms with Gasteiger partial charge < -0.3 is 26.0 Å². The van der Waals surface area contributed by atoms with Gasteiger partial charge in [0.05, 0.1) is 12.1 Å². The van der Waals surface area contributed by atoms with Gasteiger partial charge in [-0.1, -0.05) is 12.1 Å². The molecule has 0 bridgehead atoms. The number of carbonyl (C=O) groups is 1. The van der Waals surface area contributed by atoms with Gasteiger partial charge in [0.15, 0.2) is 17.6 Å². The summed E-state index contributed by atoms with van der Waals surface area (Å²) < 4.78 is 14.0. The number of aromatic nitrogens is 1. The van der Waals surface area contributed by atoms with Gasteiger partial charge in [-0.3, -0.25) is 9.79 Å². The zero-order valence-corrected chi connectivity index (χ0v) is 19.7. The average Bonchev–Trinajstić information content (AvgIpc) is 3.20. The second-order valence-electron chi connectivity index (χ2n) is 6.92. The maximum Gasteiger partial charge on any atom is 0.255 e. The molecule has 0 aliphatic carbocycles. The Morgan fingerprint density at radius 3 is 2.84 bits per heavy atom. The summed E-state index contributed by atoms with van der Waals surface area (Å²) in [6, 6.07) is 9.51. The van der Waals surface area contributed by atoms with Gasteiger partial charge in [0.2, 0.25) is 0 Å². The quantitative estimate of drug-likeness (QED) is 0.185. The molecule has 8 nitrogen and oxygen atoms in total. The molecule has 1 fully saturated rings. The van der Waals surface area contributed by atoms with Crippen LogP contribution in [0.4, 0.5) is 10.2 Å². The molecule has 31 heavy (non-hydrogen) atoms. The van der Waals surface area contributed by atoms with Crippen LogP contribution in [0.5, 0.6) is 5.75 Å². The van der Waals surface area contributed by atoms with Crippen molar-refractivity contribution in [2.75, 3.05) is 37.6 Å². The van der Waals surface area contributed by atoms with Crippen molar-refractivity contribution in [1.29, 1.82) is 0 Å². The Balaban J connectivity index is 0.00000341. The van der Waals surface area contributed by atoms with Crippen molar-refractivity contribution < 1.29 is 14.3 Å². The Hall–Kier alpha value is -2.63. The third kappa shape index (κ3) is 6.94. The first-order valence-corrected chi connectivity index (χ1v) is 10.0. The minimum absolute atomic E-state index is 0. The van der Waals surface area contributed by atoms with Crippen molar-refractivity contribution in [3.63, 3.8) is 0 Å². The number of benzene rings is 1. The van der Waals surface area contributed by atoms with Crippen LogP contribution in [-0.4, -0.2) is 60.7 Å². The molecule has 3 rings (SSSR count). The highest BCUT2D eigenvalue weighted by Gasteiger charge is 2.25. The molecule has 0 saturated carbocycles. The highest BCUT2D eigenvalue weighted by atomic mass is 127. The van der Waals surface area contributed by atoms with Crippen LogP contribution in [0.15, 0.2) is 47.6 Å². The van der Waals surface area contributed by atoms with Crippen molar-refractivity contribution in [1.82, 2.24) is 20.9 Å². The lowest BCUT2D eigenvalue weighted by atomic mass is 10.2. The summed E-state index contributed by atoms with van der Waals surface area (Å²) in [5.74, 6) is 0.297. The minimum atomic E-state index is -0.343. The number of amides is 1. The predicted molar refractivity (Wildman–Crippen MR) is 130 cm³/mol. The van der Waals surface area contributed by atoms with Gasteiger partial charge in [0, 0.05) is 38.4 Å². The number of aliphatic imine (C=N–C) groups is 1. The van der Waals surface area contributed by atoms with Gasteiger partial charge in [0.1, 0.15) is 5.75 Å². The molecule has 1 unspecified atom stereocenters. The van der Waals surface area contributed by atoms with Crippen molar-refractivity contribution >= 4 is 41.7 Å². The van der Waals surface area contributed by atoms with Crippen LogP contribution >= 0.6 is 24.0 Å². The molecule has 2 aromatic rings. The van der Waals surface area contributed by atoms with Crippen LogP contribution in [0, 0.1) is 5.82 Å². The molecule has 10 heteroatoms. The number of nitrogens with one attached hydrogen (secondary N) is 3. The van der Waals surface area contributed by atoms with E-state index in [2.05, 4.69) is 25.9 Å². The standard InChI is InChI=1S/C21H27FN6O2.HI/c1-2-23-21(26-12-11-25-20(30)16-6-3-4-8-18(16)29)27-15-9-13-28(14-15)19-17(22)7-5-10-24-19;/h3-8,10,15,29H,2,9,11-14H2,1H3,(H,25,30)(H2,23,26,27);1H. The highest BCUT2D eigenvalue weighted by molar-refractivity contribution is 14.0. The summed E-state index contributed by atoms with van der Waals surface area (Å²) in [6.07, 6.45) is 2.43. The van der Waals surface area contributed by atoms with Crippen LogP contribution in [0.1, 0.15) is 23.7 Å². The summed E-state index contributed by atoms with van der Waals surface area (Å²) in [7, 11) is 0. The average molecular weight is 542 g/mol. The third-order valence-corrected chi connectivity index (χ3v) is 4.73. The van der Waals surface area contributed by atoms with Crippen molar-refractivity contribution in [3.05, 3.63) is 54.0 Å². The van der Waals surface area contributed by atoms with E-state index in [4.69, 9.17) is 0 Å². The fourth-order valence-corrected chi connectivity index (χ4v) is 3.29. The van der Waals surface area contributed by atoms with E-state index < -0.39 is 0 Å². The molecule has 2 heterocycles. The van der Waals surface area contributed by atoms with Crippen molar-refractivity contribution in [3.8, 4) is 5.75 Å². The Labute approximate surface area is 198 Å². The number of anilines is 1. The number of halogens is 2. The molecule has 1 saturated heterocycles. The molecule has 1 atom stereocenters. The lowest BCUT2D eigenvalue weighted by Gasteiger charge is -2.20. The van der Waals surface area contributed by atoms with Gasteiger partial charge >= 0.3 is 0 Å². The summed E-state index contributed by atoms with van der Waals surface area (Å²) in [4.78, 5) is 22.7. The Bertz CT molecular complexity index is 898. The monoisotopic (exact) mass is 542 g/mol. The van der Waals surface area contributed by atoms with Crippen LogP contribution in [-0.2, 0) is 0 Å². The van der Waals surface area contributed by atoms with Gasteiger partial charge in [0.25, 0.3) is 5.91 Å². The lowest BCUT2D eigenvalue weighted by Crippen LogP contribution is -2.45. The van der Waals surface area contributed by atoms with Gasteiger partial charge in [-0.15, -0.1) is 24.0 Å². The fourth-order valence-electron chi connectivity index (χ4n) is 3.29. The molecule has 0 radical (unpaired) electrons. The number of guanidine groups is 1. The van der Waals surface area contributed by atoms with Crippen LogP contribution < -0.4 is 20.9 Å². The minimum Gasteiger partial charge on any atom is -0.507 e.